The Bertz CT molecular complexity index is 338. The van der Waals surface area contributed by atoms with Gasteiger partial charge in [0.15, 0.2) is 5.79 Å². The Morgan fingerprint density at radius 3 is 2.74 bits per heavy atom. The van der Waals surface area contributed by atoms with E-state index in [9.17, 15) is 9.90 Å². The maximum absolute atomic E-state index is 12.2. The molecule has 5 nitrogen and oxygen atoms in total. The van der Waals surface area contributed by atoms with Crippen LogP contribution in [0, 0.1) is 5.41 Å². The van der Waals surface area contributed by atoms with E-state index < -0.39 is 18.0 Å². The molecule has 1 aliphatic rings. The number of amides is 1. The predicted molar refractivity (Wildman–Crippen MR) is 72.5 cm³/mol. The summed E-state index contributed by atoms with van der Waals surface area (Å²) < 4.78 is 11.3. The molecular weight excluding hydrogens is 246 g/mol. The molecule has 110 valence electrons. The molecule has 1 heterocycles. The third kappa shape index (κ3) is 4.60. The van der Waals surface area contributed by atoms with Crippen LogP contribution in [0.4, 0.5) is 0 Å². The molecule has 0 radical (unpaired) electrons. The van der Waals surface area contributed by atoms with Gasteiger partial charge in [0.1, 0.15) is 6.10 Å². The second-order valence-corrected chi connectivity index (χ2v) is 6.06. The molecule has 1 rings (SSSR count). The van der Waals surface area contributed by atoms with Crippen LogP contribution in [0.15, 0.2) is 12.7 Å². The average Bonchev–Trinajstić information content (AvgIpc) is 2.32. The van der Waals surface area contributed by atoms with E-state index in [-0.39, 0.29) is 11.3 Å². The van der Waals surface area contributed by atoms with Crippen molar-refractivity contribution >= 4 is 5.91 Å². The Hall–Kier alpha value is -0.910. The number of aliphatic hydroxyl groups excluding tert-OH is 1. The van der Waals surface area contributed by atoms with Crippen LogP contribution in [0.3, 0.4) is 0 Å². The van der Waals surface area contributed by atoms with Gasteiger partial charge < -0.3 is 19.9 Å². The van der Waals surface area contributed by atoms with E-state index in [4.69, 9.17) is 9.47 Å². The summed E-state index contributed by atoms with van der Waals surface area (Å²) in [6.07, 6.45) is 0.740. The van der Waals surface area contributed by atoms with Crippen LogP contribution < -0.4 is 5.32 Å². The normalized spacial score (nSPS) is 26.5. The van der Waals surface area contributed by atoms with Gasteiger partial charge in [0, 0.05) is 12.0 Å². The van der Waals surface area contributed by atoms with E-state index in [2.05, 4.69) is 11.9 Å². The molecule has 1 fully saturated rings. The van der Waals surface area contributed by atoms with Gasteiger partial charge in [-0.3, -0.25) is 4.79 Å². The molecule has 0 bridgehead atoms. The smallest absolute Gasteiger partial charge is 0.249 e. The van der Waals surface area contributed by atoms with Gasteiger partial charge in [-0.15, -0.1) is 6.58 Å². The molecule has 1 aliphatic heterocycles. The summed E-state index contributed by atoms with van der Waals surface area (Å²) in [5.74, 6) is -0.921. The highest BCUT2D eigenvalue weighted by atomic mass is 16.7. The summed E-state index contributed by atoms with van der Waals surface area (Å²) in [5, 5.41) is 12.1. The first-order chi connectivity index (χ1) is 8.68. The Kier molecular flexibility index (Phi) is 5.12. The Morgan fingerprint density at radius 2 is 2.16 bits per heavy atom. The van der Waals surface area contributed by atoms with E-state index in [1.54, 1.807) is 13.8 Å². The first kappa shape index (κ1) is 16.1. The first-order valence-corrected chi connectivity index (χ1v) is 6.58. The molecule has 0 aromatic heterocycles. The summed E-state index contributed by atoms with van der Waals surface area (Å²) in [6.45, 7) is 11.8. The summed E-state index contributed by atoms with van der Waals surface area (Å²) in [5.41, 5.74) is -0.378. The lowest BCUT2D eigenvalue weighted by Gasteiger charge is -2.44. The monoisotopic (exact) mass is 271 g/mol. The SMILES string of the molecule is C=C[C@H](O)CCNC(=O)[C@@H]1OC(C)(C)OCC1(C)C. The third-order valence-electron chi connectivity index (χ3n) is 3.15. The van der Waals surface area contributed by atoms with Crippen LogP contribution in [0.5, 0.6) is 0 Å². The average molecular weight is 271 g/mol. The van der Waals surface area contributed by atoms with Crippen molar-refractivity contribution in [1.82, 2.24) is 5.32 Å². The number of carbonyl (C=O) groups excluding carboxylic acids is 1. The molecular formula is C14H25NO4. The molecule has 0 aliphatic carbocycles. The van der Waals surface area contributed by atoms with Crippen LogP contribution >= 0.6 is 0 Å². The van der Waals surface area contributed by atoms with Crippen molar-refractivity contribution in [2.24, 2.45) is 5.41 Å². The number of hydrogen-bond donors (Lipinski definition) is 2. The fourth-order valence-corrected chi connectivity index (χ4v) is 1.88. The van der Waals surface area contributed by atoms with Crippen LogP contribution in [0.2, 0.25) is 0 Å². The van der Waals surface area contributed by atoms with Crippen molar-refractivity contribution < 1.29 is 19.4 Å². The zero-order chi connectivity index (χ0) is 14.7. The van der Waals surface area contributed by atoms with Crippen molar-refractivity contribution in [1.29, 1.82) is 0 Å². The quantitative estimate of drug-likeness (QED) is 0.738. The maximum atomic E-state index is 12.2. The lowest BCUT2D eigenvalue weighted by Crippen LogP contribution is -2.56. The minimum Gasteiger partial charge on any atom is -0.389 e. The second-order valence-electron chi connectivity index (χ2n) is 6.06. The summed E-state index contributed by atoms with van der Waals surface area (Å²) in [7, 11) is 0. The number of nitrogens with one attached hydrogen (secondary N) is 1. The van der Waals surface area contributed by atoms with Gasteiger partial charge in [-0.05, 0) is 20.3 Å². The molecule has 0 unspecified atom stereocenters. The number of hydrogen-bond acceptors (Lipinski definition) is 4. The molecule has 0 saturated carbocycles. The number of aliphatic hydroxyl groups is 1. The summed E-state index contributed by atoms with van der Waals surface area (Å²) in [6, 6.07) is 0. The summed E-state index contributed by atoms with van der Waals surface area (Å²) >= 11 is 0. The highest BCUT2D eigenvalue weighted by Crippen LogP contribution is 2.34. The zero-order valence-corrected chi connectivity index (χ0v) is 12.2. The summed E-state index contributed by atoms with van der Waals surface area (Å²) in [4.78, 5) is 12.2. The van der Waals surface area contributed by atoms with E-state index >= 15 is 0 Å². The van der Waals surface area contributed by atoms with Crippen LogP contribution in [-0.4, -0.2) is 42.2 Å². The van der Waals surface area contributed by atoms with Gasteiger partial charge in [-0.2, -0.15) is 0 Å². The van der Waals surface area contributed by atoms with Crippen LogP contribution in [0.25, 0.3) is 0 Å². The van der Waals surface area contributed by atoms with Gasteiger partial charge in [0.2, 0.25) is 5.91 Å². The lowest BCUT2D eigenvalue weighted by atomic mass is 9.85. The van der Waals surface area contributed by atoms with E-state index in [0.717, 1.165) is 0 Å². The molecule has 5 heteroatoms. The van der Waals surface area contributed by atoms with Gasteiger partial charge in [0.25, 0.3) is 0 Å². The highest BCUT2D eigenvalue weighted by Gasteiger charge is 2.45. The van der Waals surface area contributed by atoms with E-state index in [1.807, 2.05) is 13.8 Å². The zero-order valence-electron chi connectivity index (χ0n) is 12.2. The largest absolute Gasteiger partial charge is 0.389 e. The standard InChI is InChI=1S/C14H25NO4/c1-6-10(16)7-8-15-12(17)11-13(2,3)9-18-14(4,5)19-11/h6,10-11,16H,1,7-9H2,2-5H3,(H,15,17)/t10-,11-/m0/s1. The third-order valence-corrected chi connectivity index (χ3v) is 3.15. The molecule has 0 spiro atoms. The number of carbonyl (C=O) groups is 1. The van der Waals surface area contributed by atoms with Gasteiger partial charge in [-0.1, -0.05) is 19.9 Å². The predicted octanol–water partition coefficient (Wildman–Crippen LogP) is 1.22. The number of rotatable bonds is 5. The highest BCUT2D eigenvalue weighted by molar-refractivity contribution is 5.81. The minimum atomic E-state index is -0.752. The molecule has 2 N–H and O–H groups in total. The van der Waals surface area contributed by atoms with Gasteiger partial charge in [0.05, 0.1) is 12.7 Å². The molecule has 2 atom stereocenters. The Labute approximate surface area is 115 Å². The molecule has 1 amide bonds. The molecule has 19 heavy (non-hydrogen) atoms. The minimum absolute atomic E-state index is 0.169. The fourth-order valence-electron chi connectivity index (χ4n) is 1.88. The van der Waals surface area contributed by atoms with E-state index in [0.29, 0.717) is 19.6 Å². The first-order valence-electron chi connectivity index (χ1n) is 6.58. The molecule has 0 aromatic carbocycles. The molecule has 0 aromatic rings. The van der Waals surface area contributed by atoms with E-state index in [1.165, 1.54) is 6.08 Å². The van der Waals surface area contributed by atoms with Crippen molar-refractivity contribution in [2.45, 2.75) is 52.1 Å². The lowest BCUT2D eigenvalue weighted by molar-refractivity contribution is -0.304. The Morgan fingerprint density at radius 1 is 1.53 bits per heavy atom. The molecule has 1 saturated heterocycles. The van der Waals surface area contributed by atoms with Crippen LogP contribution in [-0.2, 0) is 14.3 Å². The van der Waals surface area contributed by atoms with Crippen molar-refractivity contribution in [3.63, 3.8) is 0 Å². The maximum Gasteiger partial charge on any atom is 0.249 e. The number of ether oxygens (including phenoxy) is 2. The van der Waals surface area contributed by atoms with Crippen LogP contribution in [0.1, 0.15) is 34.1 Å². The van der Waals surface area contributed by atoms with Gasteiger partial charge in [-0.25, -0.2) is 0 Å². The fraction of sp³-hybridized carbons (Fsp3) is 0.786. The second kappa shape index (κ2) is 6.03. The topological polar surface area (TPSA) is 67.8 Å². The van der Waals surface area contributed by atoms with Crippen molar-refractivity contribution in [2.75, 3.05) is 13.2 Å². The van der Waals surface area contributed by atoms with Crippen molar-refractivity contribution in [3.05, 3.63) is 12.7 Å². The van der Waals surface area contributed by atoms with Crippen molar-refractivity contribution in [3.8, 4) is 0 Å². The Balaban J connectivity index is 2.55. The van der Waals surface area contributed by atoms with Gasteiger partial charge >= 0.3 is 0 Å².